The van der Waals surface area contributed by atoms with Gasteiger partial charge in [-0.25, -0.2) is 9.97 Å². The SMILES string of the molecule is NCc1cc(C2CC2)cn2cc(CNc3ccnc(NC(=O)[C@H]4CC4c4cccc(Cl)c4)c3)nc12. The van der Waals surface area contributed by atoms with Crippen molar-refractivity contribution in [3.63, 3.8) is 0 Å². The molecule has 4 aromatic rings. The van der Waals surface area contributed by atoms with E-state index in [4.69, 9.17) is 22.3 Å². The van der Waals surface area contributed by atoms with Crippen molar-refractivity contribution in [3.05, 3.63) is 88.5 Å². The zero-order valence-corrected chi connectivity index (χ0v) is 20.0. The summed E-state index contributed by atoms with van der Waals surface area (Å²) in [5, 5.41) is 7.05. The van der Waals surface area contributed by atoms with Gasteiger partial charge in [0.05, 0.1) is 12.2 Å². The summed E-state index contributed by atoms with van der Waals surface area (Å²) in [7, 11) is 0. The molecule has 2 aliphatic carbocycles. The van der Waals surface area contributed by atoms with E-state index >= 15 is 0 Å². The number of imidazole rings is 1. The number of nitrogens with zero attached hydrogens (tertiary/aromatic N) is 3. The van der Waals surface area contributed by atoms with Gasteiger partial charge in [0.15, 0.2) is 0 Å². The molecule has 6 rings (SSSR count). The Bertz CT molecular complexity index is 1410. The molecule has 0 aliphatic heterocycles. The van der Waals surface area contributed by atoms with Crippen molar-refractivity contribution in [2.24, 2.45) is 11.7 Å². The molecule has 3 heterocycles. The number of halogens is 1. The lowest BCUT2D eigenvalue weighted by molar-refractivity contribution is -0.117. The summed E-state index contributed by atoms with van der Waals surface area (Å²) >= 11 is 6.10. The Balaban J connectivity index is 1.10. The molecule has 7 nitrogen and oxygen atoms in total. The van der Waals surface area contributed by atoms with Crippen LogP contribution >= 0.6 is 11.6 Å². The lowest BCUT2D eigenvalue weighted by Crippen LogP contribution is -2.15. The van der Waals surface area contributed by atoms with Crippen LogP contribution in [0.25, 0.3) is 5.65 Å². The minimum Gasteiger partial charge on any atom is -0.379 e. The zero-order valence-electron chi connectivity index (χ0n) is 19.2. The number of nitrogens with one attached hydrogen (secondary N) is 2. The van der Waals surface area contributed by atoms with Crippen LogP contribution in [0, 0.1) is 5.92 Å². The van der Waals surface area contributed by atoms with E-state index in [1.54, 1.807) is 6.20 Å². The van der Waals surface area contributed by atoms with Gasteiger partial charge >= 0.3 is 0 Å². The fourth-order valence-electron chi connectivity index (χ4n) is 4.73. The summed E-state index contributed by atoms with van der Waals surface area (Å²) in [5.74, 6) is 1.34. The number of fused-ring (bicyclic) bond motifs is 1. The Morgan fingerprint density at radius 1 is 1.14 bits per heavy atom. The van der Waals surface area contributed by atoms with Crippen LogP contribution < -0.4 is 16.4 Å². The minimum atomic E-state index is -0.0536. The molecular formula is C27H27ClN6O. The number of carbonyl (C=O) groups excluding carboxylic acids is 1. The highest BCUT2D eigenvalue weighted by molar-refractivity contribution is 6.30. The molecule has 2 fully saturated rings. The molecule has 0 saturated heterocycles. The third kappa shape index (κ3) is 4.74. The van der Waals surface area contributed by atoms with Crippen molar-refractivity contribution in [1.29, 1.82) is 0 Å². The molecule has 2 atom stereocenters. The Morgan fingerprint density at radius 2 is 2.03 bits per heavy atom. The molecule has 4 N–H and O–H groups in total. The van der Waals surface area contributed by atoms with E-state index in [1.807, 2.05) is 36.4 Å². The van der Waals surface area contributed by atoms with E-state index in [2.05, 4.69) is 38.5 Å². The highest BCUT2D eigenvalue weighted by atomic mass is 35.5. The number of benzene rings is 1. The summed E-state index contributed by atoms with van der Waals surface area (Å²) in [6.45, 7) is 1.03. The second-order valence-corrected chi connectivity index (χ2v) is 9.95. The van der Waals surface area contributed by atoms with Crippen molar-refractivity contribution in [2.45, 2.75) is 44.2 Å². The summed E-state index contributed by atoms with van der Waals surface area (Å²) < 4.78 is 2.09. The Hall–Kier alpha value is -3.42. The predicted octanol–water partition coefficient (Wildman–Crippen LogP) is 5.07. The van der Waals surface area contributed by atoms with Crippen molar-refractivity contribution in [2.75, 3.05) is 10.6 Å². The van der Waals surface area contributed by atoms with Crippen LogP contribution in [0.3, 0.4) is 0 Å². The van der Waals surface area contributed by atoms with Crippen LogP contribution in [-0.4, -0.2) is 20.3 Å². The smallest absolute Gasteiger partial charge is 0.229 e. The van der Waals surface area contributed by atoms with E-state index in [9.17, 15) is 4.79 Å². The number of anilines is 2. The van der Waals surface area contributed by atoms with E-state index in [1.165, 1.54) is 18.4 Å². The molecule has 1 aromatic carbocycles. The normalized spacial score (nSPS) is 19.0. The third-order valence-corrected chi connectivity index (χ3v) is 7.09. The zero-order chi connectivity index (χ0) is 23.9. The highest BCUT2D eigenvalue weighted by Crippen LogP contribution is 2.48. The average molecular weight is 487 g/mol. The Kier molecular flexibility index (Phi) is 5.66. The number of rotatable bonds is 8. The molecule has 8 heteroatoms. The highest BCUT2D eigenvalue weighted by Gasteiger charge is 2.44. The predicted molar refractivity (Wildman–Crippen MR) is 138 cm³/mol. The second kappa shape index (κ2) is 8.98. The first-order valence-electron chi connectivity index (χ1n) is 12.0. The monoisotopic (exact) mass is 486 g/mol. The Morgan fingerprint density at radius 3 is 2.83 bits per heavy atom. The van der Waals surface area contributed by atoms with E-state index in [0.717, 1.165) is 34.6 Å². The fourth-order valence-corrected chi connectivity index (χ4v) is 4.93. The van der Waals surface area contributed by atoms with Gasteiger partial charge in [0.2, 0.25) is 5.91 Å². The standard InChI is InChI=1S/C27H27ClN6O/c28-20-3-1-2-17(9-20)23-11-24(23)27(35)33-25-10-21(6-7-30-25)31-13-22-15-34-14-19(16-4-5-16)8-18(12-29)26(34)32-22/h1-3,6-10,14-16,23-24H,4-5,11-13,29H2,(H2,30,31,33,35)/t23?,24-/m0/s1. The van der Waals surface area contributed by atoms with Crippen LogP contribution in [0.4, 0.5) is 11.5 Å². The Labute approximate surface area is 208 Å². The van der Waals surface area contributed by atoms with Crippen molar-refractivity contribution < 1.29 is 4.79 Å². The largest absolute Gasteiger partial charge is 0.379 e. The number of aromatic nitrogens is 3. The van der Waals surface area contributed by atoms with Gasteiger partial charge in [-0.2, -0.15) is 0 Å². The number of hydrogen-bond acceptors (Lipinski definition) is 5. The van der Waals surface area contributed by atoms with Gasteiger partial charge in [0, 0.05) is 53.4 Å². The fraction of sp³-hybridized carbons (Fsp3) is 0.296. The lowest BCUT2D eigenvalue weighted by Gasteiger charge is -2.08. The number of nitrogens with two attached hydrogens (primary N) is 1. The van der Waals surface area contributed by atoms with Gasteiger partial charge in [0.25, 0.3) is 0 Å². The molecular weight excluding hydrogens is 460 g/mol. The first kappa shape index (κ1) is 22.1. The molecule has 0 spiro atoms. The van der Waals surface area contributed by atoms with E-state index in [-0.39, 0.29) is 17.7 Å². The van der Waals surface area contributed by atoms with Gasteiger partial charge in [-0.1, -0.05) is 23.7 Å². The molecule has 2 saturated carbocycles. The molecule has 3 aromatic heterocycles. The average Bonchev–Trinajstić information content (AvgIpc) is 3.78. The maximum absolute atomic E-state index is 12.7. The van der Waals surface area contributed by atoms with Gasteiger partial charge in [-0.15, -0.1) is 0 Å². The van der Waals surface area contributed by atoms with Crippen LogP contribution in [0.15, 0.2) is 61.1 Å². The maximum atomic E-state index is 12.7. The summed E-state index contributed by atoms with van der Waals surface area (Å²) in [6, 6.07) is 13.7. The third-order valence-electron chi connectivity index (χ3n) is 6.86. The van der Waals surface area contributed by atoms with Crippen LogP contribution in [0.1, 0.15) is 53.5 Å². The summed E-state index contributed by atoms with van der Waals surface area (Å²) in [6.07, 6.45) is 9.25. The number of carbonyl (C=O) groups is 1. The van der Waals surface area contributed by atoms with Crippen molar-refractivity contribution in [1.82, 2.24) is 14.4 Å². The molecule has 35 heavy (non-hydrogen) atoms. The first-order chi connectivity index (χ1) is 17.1. The number of amides is 1. The molecule has 0 radical (unpaired) electrons. The number of pyridine rings is 2. The number of hydrogen-bond donors (Lipinski definition) is 3. The van der Waals surface area contributed by atoms with Gasteiger partial charge < -0.3 is 20.8 Å². The molecule has 1 unspecified atom stereocenters. The minimum absolute atomic E-state index is 0.0132. The van der Waals surface area contributed by atoms with Crippen LogP contribution in [-0.2, 0) is 17.9 Å². The molecule has 178 valence electrons. The second-order valence-electron chi connectivity index (χ2n) is 9.52. The lowest BCUT2D eigenvalue weighted by atomic mass is 10.1. The summed E-state index contributed by atoms with van der Waals surface area (Å²) in [5.41, 5.74) is 12.2. The van der Waals surface area contributed by atoms with Crippen LogP contribution in [0.5, 0.6) is 0 Å². The summed E-state index contributed by atoms with van der Waals surface area (Å²) in [4.78, 5) is 21.9. The molecule has 1 amide bonds. The van der Waals surface area contributed by atoms with Crippen LogP contribution in [0.2, 0.25) is 5.02 Å². The van der Waals surface area contributed by atoms with Crippen molar-refractivity contribution >= 4 is 34.7 Å². The topological polar surface area (TPSA) is 97.3 Å². The van der Waals surface area contributed by atoms with E-state index < -0.39 is 0 Å². The van der Waals surface area contributed by atoms with E-state index in [0.29, 0.717) is 29.8 Å². The first-order valence-corrected chi connectivity index (χ1v) is 12.4. The molecule has 2 aliphatic rings. The van der Waals surface area contributed by atoms with Gasteiger partial charge in [-0.05, 0) is 66.5 Å². The quantitative estimate of drug-likeness (QED) is 0.323. The molecule has 0 bridgehead atoms. The van der Waals surface area contributed by atoms with Crippen molar-refractivity contribution in [3.8, 4) is 0 Å². The maximum Gasteiger partial charge on any atom is 0.229 e. The van der Waals surface area contributed by atoms with Gasteiger partial charge in [-0.3, -0.25) is 4.79 Å². The van der Waals surface area contributed by atoms with Gasteiger partial charge in [0.1, 0.15) is 11.5 Å².